The van der Waals surface area contributed by atoms with Crippen LogP contribution in [0.3, 0.4) is 0 Å². The summed E-state index contributed by atoms with van der Waals surface area (Å²) in [5.41, 5.74) is 3.39. The molecule has 3 aromatic rings. The van der Waals surface area contributed by atoms with Crippen LogP contribution in [-0.2, 0) is 6.61 Å². The second-order valence-corrected chi connectivity index (χ2v) is 7.56. The third-order valence-electron chi connectivity index (χ3n) is 5.42. The molecular formula is C25H25N3O3. The van der Waals surface area contributed by atoms with Crippen molar-refractivity contribution in [3.63, 3.8) is 0 Å². The van der Waals surface area contributed by atoms with Gasteiger partial charge in [0.05, 0.1) is 0 Å². The second-order valence-electron chi connectivity index (χ2n) is 7.56. The van der Waals surface area contributed by atoms with E-state index >= 15 is 0 Å². The van der Waals surface area contributed by atoms with E-state index in [0.717, 1.165) is 24.3 Å². The van der Waals surface area contributed by atoms with Gasteiger partial charge in [0.25, 0.3) is 5.91 Å². The fourth-order valence-electron chi connectivity index (χ4n) is 3.63. The van der Waals surface area contributed by atoms with Crippen LogP contribution in [0.25, 0.3) is 0 Å². The molecule has 0 unspecified atom stereocenters. The highest BCUT2D eigenvalue weighted by atomic mass is 16.5. The van der Waals surface area contributed by atoms with Gasteiger partial charge in [-0.05, 0) is 55.5 Å². The van der Waals surface area contributed by atoms with Crippen molar-refractivity contribution in [2.45, 2.75) is 13.5 Å². The summed E-state index contributed by atoms with van der Waals surface area (Å²) < 4.78 is 5.83. The number of aromatic nitrogens is 1. The van der Waals surface area contributed by atoms with Gasteiger partial charge in [-0.3, -0.25) is 14.6 Å². The summed E-state index contributed by atoms with van der Waals surface area (Å²) in [5.74, 6) is 0.742. The zero-order valence-corrected chi connectivity index (χ0v) is 17.5. The molecule has 6 nitrogen and oxygen atoms in total. The molecule has 0 N–H and O–H groups in total. The number of benzene rings is 2. The number of Topliss-reactive ketones (excluding diaryl/α,β-unsaturated/α-hetero) is 1. The van der Waals surface area contributed by atoms with Gasteiger partial charge in [0.1, 0.15) is 12.4 Å². The molecule has 0 radical (unpaired) electrons. The maximum Gasteiger partial charge on any atom is 0.254 e. The Morgan fingerprint density at radius 1 is 0.935 bits per heavy atom. The number of ketones is 1. The molecule has 2 heterocycles. The molecule has 0 atom stereocenters. The number of carbonyl (C=O) groups excluding carboxylic acids is 2. The first kappa shape index (κ1) is 20.6. The third-order valence-corrected chi connectivity index (χ3v) is 5.42. The van der Waals surface area contributed by atoms with E-state index < -0.39 is 0 Å². The smallest absolute Gasteiger partial charge is 0.254 e. The van der Waals surface area contributed by atoms with Gasteiger partial charge in [-0.15, -0.1) is 0 Å². The fourth-order valence-corrected chi connectivity index (χ4v) is 3.63. The van der Waals surface area contributed by atoms with Crippen molar-refractivity contribution < 1.29 is 14.3 Å². The summed E-state index contributed by atoms with van der Waals surface area (Å²) in [6, 6.07) is 18.8. The number of ether oxygens (including phenoxy) is 1. The number of amides is 1. The molecule has 158 valence electrons. The van der Waals surface area contributed by atoms with E-state index in [1.54, 1.807) is 25.4 Å². The number of hydrogen-bond acceptors (Lipinski definition) is 5. The fraction of sp³-hybridized carbons (Fsp3) is 0.240. The minimum Gasteiger partial charge on any atom is -0.489 e. The molecular weight excluding hydrogens is 390 g/mol. The largest absolute Gasteiger partial charge is 0.489 e. The van der Waals surface area contributed by atoms with Gasteiger partial charge in [-0.2, -0.15) is 0 Å². The van der Waals surface area contributed by atoms with Crippen LogP contribution in [0, 0.1) is 0 Å². The van der Waals surface area contributed by atoms with Crippen LogP contribution in [0.2, 0.25) is 0 Å². The van der Waals surface area contributed by atoms with Crippen molar-refractivity contribution in [3.05, 3.63) is 89.7 Å². The van der Waals surface area contributed by atoms with E-state index in [1.807, 2.05) is 59.5 Å². The van der Waals surface area contributed by atoms with Gasteiger partial charge in [-0.1, -0.05) is 12.1 Å². The van der Waals surface area contributed by atoms with Crippen LogP contribution in [0.5, 0.6) is 5.75 Å². The SMILES string of the molecule is CC(=O)c1ccc(N2CCN(C(=O)c3cccc(OCc4cccnc4)c3)CC2)cc1. The van der Waals surface area contributed by atoms with Crippen molar-refractivity contribution in [2.24, 2.45) is 0 Å². The molecule has 31 heavy (non-hydrogen) atoms. The van der Waals surface area contributed by atoms with Crippen LogP contribution in [-0.4, -0.2) is 47.8 Å². The monoisotopic (exact) mass is 415 g/mol. The number of hydrogen-bond donors (Lipinski definition) is 0. The lowest BCUT2D eigenvalue weighted by atomic mass is 10.1. The molecule has 2 aromatic carbocycles. The summed E-state index contributed by atoms with van der Waals surface area (Å²) in [6.07, 6.45) is 3.49. The maximum atomic E-state index is 13.0. The molecule has 1 aromatic heterocycles. The van der Waals surface area contributed by atoms with Gasteiger partial charge < -0.3 is 14.5 Å². The summed E-state index contributed by atoms with van der Waals surface area (Å²) in [6.45, 7) is 4.78. The predicted octanol–water partition coefficient (Wildman–Crippen LogP) is 3.83. The summed E-state index contributed by atoms with van der Waals surface area (Å²) in [7, 11) is 0. The minimum atomic E-state index is 0.0124. The van der Waals surface area contributed by atoms with E-state index in [0.29, 0.717) is 36.6 Å². The Morgan fingerprint density at radius 2 is 1.71 bits per heavy atom. The average molecular weight is 415 g/mol. The summed E-state index contributed by atoms with van der Waals surface area (Å²) in [4.78, 5) is 32.6. The first-order chi connectivity index (χ1) is 15.1. The molecule has 6 heteroatoms. The highest BCUT2D eigenvalue weighted by Crippen LogP contribution is 2.20. The maximum absolute atomic E-state index is 13.0. The Balaban J connectivity index is 1.34. The van der Waals surface area contributed by atoms with Crippen molar-refractivity contribution in [3.8, 4) is 5.75 Å². The van der Waals surface area contributed by atoms with Crippen LogP contribution < -0.4 is 9.64 Å². The lowest BCUT2D eigenvalue weighted by Crippen LogP contribution is -2.48. The second kappa shape index (κ2) is 9.43. The predicted molar refractivity (Wildman–Crippen MR) is 120 cm³/mol. The van der Waals surface area contributed by atoms with Crippen molar-refractivity contribution in [1.82, 2.24) is 9.88 Å². The topological polar surface area (TPSA) is 62.7 Å². The lowest BCUT2D eigenvalue weighted by molar-refractivity contribution is 0.0746. The Bertz CT molecular complexity index is 1040. The number of pyridine rings is 1. The van der Waals surface area contributed by atoms with Crippen molar-refractivity contribution in [2.75, 3.05) is 31.1 Å². The number of anilines is 1. The number of rotatable bonds is 6. The van der Waals surface area contributed by atoms with E-state index in [9.17, 15) is 9.59 Å². The molecule has 1 aliphatic heterocycles. The molecule has 0 bridgehead atoms. The van der Waals surface area contributed by atoms with Gasteiger partial charge in [0.2, 0.25) is 0 Å². The first-order valence-electron chi connectivity index (χ1n) is 10.4. The summed E-state index contributed by atoms with van der Waals surface area (Å²) in [5, 5.41) is 0. The highest BCUT2D eigenvalue weighted by molar-refractivity contribution is 5.95. The quantitative estimate of drug-likeness (QED) is 0.573. The standard InChI is InChI=1S/C25H25N3O3/c1-19(29)21-7-9-23(10-8-21)27-12-14-28(15-13-27)25(30)22-5-2-6-24(16-22)31-18-20-4-3-11-26-17-20/h2-11,16-17H,12-15,18H2,1H3. The molecule has 4 rings (SSSR count). The van der Waals surface area contributed by atoms with E-state index in [4.69, 9.17) is 4.74 Å². The molecule has 1 aliphatic rings. The van der Waals surface area contributed by atoms with Crippen LogP contribution in [0.15, 0.2) is 73.1 Å². The van der Waals surface area contributed by atoms with E-state index in [2.05, 4.69) is 9.88 Å². The minimum absolute atomic E-state index is 0.0124. The van der Waals surface area contributed by atoms with E-state index in [1.165, 1.54) is 0 Å². The number of nitrogens with zero attached hydrogens (tertiary/aromatic N) is 3. The van der Waals surface area contributed by atoms with Crippen molar-refractivity contribution in [1.29, 1.82) is 0 Å². The zero-order chi connectivity index (χ0) is 21.6. The molecule has 1 fully saturated rings. The lowest BCUT2D eigenvalue weighted by Gasteiger charge is -2.36. The van der Waals surface area contributed by atoms with Crippen molar-refractivity contribution >= 4 is 17.4 Å². The van der Waals surface area contributed by atoms with Gasteiger partial charge in [0.15, 0.2) is 5.78 Å². The van der Waals surface area contributed by atoms with Crippen LogP contribution >= 0.6 is 0 Å². The number of carbonyl (C=O) groups is 2. The van der Waals surface area contributed by atoms with Gasteiger partial charge in [-0.25, -0.2) is 0 Å². The molecule has 0 saturated carbocycles. The third kappa shape index (κ3) is 5.09. The zero-order valence-electron chi connectivity index (χ0n) is 17.5. The van der Waals surface area contributed by atoms with Gasteiger partial charge >= 0.3 is 0 Å². The van der Waals surface area contributed by atoms with Crippen LogP contribution in [0.4, 0.5) is 5.69 Å². The Morgan fingerprint density at radius 3 is 2.39 bits per heavy atom. The Kier molecular flexibility index (Phi) is 6.26. The Hall–Kier alpha value is -3.67. The first-order valence-corrected chi connectivity index (χ1v) is 10.4. The highest BCUT2D eigenvalue weighted by Gasteiger charge is 2.22. The molecule has 0 spiro atoms. The number of piperazine rings is 1. The van der Waals surface area contributed by atoms with Crippen LogP contribution in [0.1, 0.15) is 33.2 Å². The average Bonchev–Trinajstić information content (AvgIpc) is 2.83. The molecule has 1 amide bonds. The summed E-state index contributed by atoms with van der Waals surface area (Å²) >= 11 is 0. The van der Waals surface area contributed by atoms with E-state index in [-0.39, 0.29) is 11.7 Å². The normalized spacial score (nSPS) is 13.7. The molecule has 1 saturated heterocycles. The Labute approximate surface area is 182 Å². The van der Waals surface area contributed by atoms with Gasteiger partial charge in [0, 0.05) is 61.0 Å². The molecule has 0 aliphatic carbocycles.